The average molecular weight is 361 g/mol. The molecule has 1 fully saturated rings. The molecule has 0 aliphatic carbocycles. The zero-order valence-corrected chi connectivity index (χ0v) is 15.1. The third-order valence-corrected chi connectivity index (χ3v) is 4.92. The van der Waals surface area contributed by atoms with Crippen molar-refractivity contribution in [1.82, 2.24) is 9.80 Å². The Hall–Kier alpha value is -2.77. The van der Waals surface area contributed by atoms with Crippen LogP contribution in [-0.2, 0) is 27.4 Å². The van der Waals surface area contributed by atoms with Crippen LogP contribution in [0.15, 0.2) is 18.2 Å². The molecule has 0 radical (unpaired) electrons. The maximum atomic E-state index is 12.5. The van der Waals surface area contributed by atoms with Crippen molar-refractivity contribution in [3.05, 3.63) is 29.3 Å². The van der Waals surface area contributed by atoms with Crippen molar-refractivity contribution < 1.29 is 24.2 Å². The maximum absolute atomic E-state index is 12.5. The van der Waals surface area contributed by atoms with Gasteiger partial charge in [-0.3, -0.25) is 9.69 Å². The van der Waals surface area contributed by atoms with Gasteiger partial charge in [-0.05, 0) is 17.2 Å². The summed E-state index contributed by atoms with van der Waals surface area (Å²) in [5.74, 6) is -1.41. The number of likely N-dealkylation sites (tertiary alicyclic amines) is 1. The predicted molar refractivity (Wildman–Crippen MR) is 93.7 cm³/mol. The molecule has 3 rings (SSSR count). The highest BCUT2D eigenvalue weighted by Gasteiger charge is 2.41. The Balaban J connectivity index is 1.66. The lowest BCUT2D eigenvalue weighted by atomic mass is 10.1. The van der Waals surface area contributed by atoms with Gasteiger partial charge < -0.3 is 19.6 Å². The molecule has 0 bridgehead atoms. The topological polar surface area (TPSA) is 90.4 Å². The number of carboxylic acids is 1. The van der Waals surface area contributed by atoms with Gasteiger partial charge in [-0.25, -0.2) is 9.59 Å². The highest BCUT2D eigenvalue weighted by molar-refractivity contribution is 5.83. The Morgan fingerprint density at radius 2 is 1.96 bits per heavy atom. The Bertz CT molecular complexity index is 726. The van der Waals surface area contributed by atoms with Crippen LogP contribution < -0.4 is 4.90 Å². The largest absolute Gasteiger partial charge is 0.480 e. The second-order valence-electron chi connectivity index (χ2n) is 6.93. The molecule has 8 nitrogen and oxygen atoms in total. The van der Waals surface area contributed by atoms with Crippen molar-refractivity contribution in [3.8, 4) is 0 Å². The van der Waals surface area contributed by atoms with E-state index in [1.807, 2.05) is 37.2 Å². The monoisotopic (exact) mass is 361 g/mol. The lowest BCUT2D eigenvalue weighted by molar-refractivity contribution is -0.147. The fourth-order valence-electron chi connectivity index (χ4n) is 3.63. The van der Waals surface area contributed by atoms with Gasteiger partial charge in [-0.15, -0.1) is 0 Å². The van der Waals surface area contributed by atoms with E-state index < -0.39 is 24.2 Å². The normalized spacial score (nSPS) is 21.5. The summed E-state index contributed by atoms with van der Waals surface area (Å²) < 4.78 is 5.50. The van der Waals surface area contributed by atoms with E-state index in [2.05, 4.69) is 0 Å². The van der Waals surface area contributed by atoms with Crippen molar-refractivity contribution in [2.45, 2.75) is 38.6 Å². The fraction of sp³-hybridized carbons (Fsp3) is 0.500. The Morgan fingerprint density at radius 1 is 1.23 bits per heavy atom. The van der Waals surface area contributed by atoms with E-state index in [0.29, 0.717) is 13.1 Å². The molecule has 2 amide bonds. The molecule has 8 heteroatoms. The van der Waals surface area contributed by atoms with Crippen LogP contribution in [0.1, 0.15) is 24.5 Å². The summed E-state index contributed by atoms with van der Waals surface area (Å²) in [5.41, 5.74) is 3.23. The first-order valence-corrected chi connectivity index (χ1v) is 8.51. The van der Waals surface area contributed by atoms with Crippen molar-refractivity contribution >= 4 is 23.7 Å². The summed E-state index contributed by atoms with van der Waals surface area (Å²) in [5, 5.41) is 9.25. The highest BCUT2D eigenvalue weighted by Crippen LogP contribution is 2.31. The van der Waals surface area contributed by atoms with Crippen LogP contribution in [0.3, 0.4) is 0 Å². The van der Waals surface area contributed by atoms with Gasteiger partial charge in [0.1, 0.15) is 12.1 Å². The third kappa shape index (κ3) is 3.31. The van der Waals surface area contributed by atoms with Crippen molar-refractivity contribution in [2.75, 3.05) is 25.5 Å². The number of benzene rings is 1. The van der Waals surface area contributed by atoms with E-state index in [-0.39, 0.29) is 18.9 Å². The second-order valence-corrected chi connectivity index (χ2v) is 6.93. The average Bonchev–Trinajstić information content (AvgIpc) is 3.18. The number of carbonyl (C=O) groups is 3. The van der Waals surface area contributed by atoms with Crippen molar-refractivity contribution in [2.24, 2.45) is 0 Å². The Labute approximate surface area is 151 Å². The molecule has 2 atom stereocenters. The number of ether oxygens (including phenoxy) is 1. The minimum atomic E-state index is -1.08. The van der Waals surface area contributed by atoms with Gasteiger partial charge in [0.2, 0.25) is 5.91 Å². The van der Waals surface area contributed by atoms with Crippen LogP contribution in [0.2, 0.25) is 0 Å². The highest BCUT2D eigenvalue weighted by atomic mass is 16.6. The smallest absolute Gasteiger partial charge is 0.410 e. The number of fused-ring (bicyclic) bond motifs is 1. The van der Waals surface area contributed by atoms with Crippen LogP contribution in [0.5, 0.6) is 0 Å². The molecule has 0 aromatic heterocycles. The minimum absolute atomic E-state index is 0.113. The molecule has 1 N–H and O–H groups in total. The standard InChI is InChI=1S/C18H23N3O5/c1-11(22)21-9-13(7-16(21)17(23)24)26-18(25)20-8-12-5-4-6-15(19(2)3)14(12)10-20/h4-6,13,16H,7-10H2,1-3H3,(H,23,24)/t13?,16-/m0/s1. The van der Waals surface area contributed by atoms with E-state index >= 15 is 0 Å². The van der Waals surface area contributed by atoms with Gasteiger partial charge in [-0.2, -0.15) is 0 Å². The molecular weight excluding hydrogens is 338 g/mol. The summed E-state index contributed by atoms with van der Waals surface area (Å²) in [6.07, 6.45) is -0.973. The molecule has 2 aliphatic heterocycles. The van der Waals surface area contributed by atoms with E-state index in [9.17, 15) is 19.5 Å². The van der Waals surface area contributed by atoms with Crippen molar-refractivity contribution in [1.29, 1.82) is 0 Å². The first-order valence-electron chi connectivity index (χ1n) is 8.51. The molecule has 1 aromatic carbocycles. The Morgan fingerprint density at radius 3 is 2.54 bits per heavy atom. The molecule has 1 aromatic rings. The molecule has 0 spiro atoms. The maximum Gasteiger partial charge on any atom is 0.410 e. The molecule has 26 heavy (non-hydrogen) atoms. The number of anilines is 1. The molecular formula is C18H23N3O5. The van der Waals surface area contributed by atoms with Crippen LogP contribution in [0.4, 0.5) is 10.5 Å². The van der Waals surface area contributed by atoms with E-state index in [4.69, 9.17) is 4.74 Å². The molecule has 1 saturated heterocycles. The first kappa shape index (κ1) is 18.0. The van der Waals surface area contributed by atoms with E-state index in [0.717, 1.165) is 16.8 Å². The number of hydrogen-bond donors (Lipinski definition) is 1. The molecule has 1 unspecified atom stereocenters. The predicted octanol–water partition coefficient (Wildman–Crippen LogP) is 1.28. The minimum Gasteiger partial charge on any atom is -0.480 e. The van der Waals surface area contributed by atoms with E-state index in [1.165, 1.54) is 11.8 Å². The van der Waals surface area contributed by atoms with Crippen molar-refractivity contribution in [3.63, 3.8) is 0 Å². The number of nitrogens with zero attached hydrogens (tertiary/aromatic N) is 3. The van der Waals surface area contributed by atoms with Gasteiger partial charge in [0.05, 0.1) is 13.1 Å². The summed E-state index contributed by atoms with van der Waals surface area (Å²) in [6, 6.07) is 5.01. The first-order chi connectivity index (χ1) is 12.3. The van der Waals surface area contributed by atoms with Gasteiger partial charge in [0.25, 0.3) is 0 Å². The quantitative estimate of drug-likeness (QED) is 0.872. The van der Waals surface area contributed by atoms with Gasteiger partial charge in [0, 0.05) is 39.7 Å². The SMILES string of the molecule is CC(=O)N1CC(OC(=O)N2Cc3cccc(N(C)C)c3C2)C[C@H]1C(=O)O. The van der Waals surface area contributed by atoms with Crippen LogP contribution in [0, 0.1) is 0 Å². The number of carbonyl (C=O) groups excluding carboxylic acids is 2. The summed E-state index contributed by atoms with van der Waals surface area (Å²) in [4.78, 5) is 40.3. The number of rotatable bonds is 3. The fourth-order valence-corrected chi connectivity index (χ4v) is 3.63. The zero-order valence-electron chi connectivity index (χ0n) is 15.1. The number of hydrogen-bond acceptors (Lipinski definition) is 5. The van der Waals surface area contributed by atoms with E-state index in [1.54, 1.807) is 4.90 Å². The summed E-state index contributed by atoms with van der Waals surface area (Å²) >= 11 is 0. The van der Waals surface area contributed by atoms with Gasteiger partial charge in [0.15, 0.2) is 0 Å². The van der Waals surface area contributed by atoms with Crippen LogP contribution in [-0.4, -0.2) is 65.7 Å². The van der Waals surface area contributed by atoms with Crippen LogP contribution in [0.25, 0.3) is 0 Å². The summed E-state index contributed by atoms with van der Waals surface area (Å²) in [6.45, 7) is 2.34. The van der Waals surface area contributed by atoms with Gasteiger partial charge in [-0.1, -0.05) is 12.1 Å². The lowest BCUT2D eigenvalue weighted by Crippen LogP contribution is -2.39. The zero-order chi connectivity index (χ0) is 19.0. The molecule has 2 aliphatic rings. The number of amides is 2. The molecule has 0 saturated carbocycles. The van der Waals surface area contributed by atoms with Gasteiger partial charge >= 0.3 is 12.1 Å². The Kier molecular flexibility index (Phi) is 4.76. The van der Waals surface area contributed by atoms with Crippen LogP contribution >= 0.6 is 0 Å². The second kappa shape index (κ2) is 6.86. The molecule has 140 valence electrons. The summed E-state index contributed by atoms with van der Waals surface area (Å²) in [7, 11) is 3.91. The number of carboxylic acid groups (broad SMARTS) is 1. The molecule has 2 heterocycles. The number of aliphatic carboxylic acids is 1. The third-order valence-electron chi connectivity index (χ3n) is 4.92. The lowest BCUT2D eigenvalue weighted by Gasteiger charge is -2.20.